The van der Waals surface area contributed by atoms with Crippen molar-refractivity contribution in [3.8, 4) is 0 Å². The summed E-state index contributed by atoms with van der Waals surface area (Å²) < 4.78 is 0. The van der Waals surface area contributed by atoms with E-state index in [1.807, 2.05) is 30.3 Å². The molecule has 0 saturated carbocycles. The summed E-state index contributed by atoms with van der Waals surface area (Å²) in [5.74, 6) is 0.0705. The molecule has 0 aliphatic rings. The molecular weight excluding hydrogens is 262 g/mol. The zero-order chi connectivity index (χ0) is 14.9. The second-order valence-electron chi connectivity index (χ2n) is 4.80. The minimum atomic E-state index is 0.0705. The highest BCUT2D eigenvalue weighted by Crippen LogP contribution is 2.12. The van der Waals surface area contributed by atoms with Gasteiger partial charge in [-0.15, -0.1) is 0 Å². The molecule has 1 heterocycles. The molecule has 4 heteroatoms. The third kappa shape index (κ3) is 4.91. The van der Waals surface area contributed by atoms with Gasteiger partial charge in [-0.1, -0.05) is 18.2 Å². The summed E-state index contributed by atoms with van der Waals surface area (Å²) in [5.41, 5.74) is 2.22. The van der Waals surface area contributed by atoms with Gasteiger partial charge in [0.2, 0.25) is 5.91 Å². The molecule has 2 rings (SSSR count). The van der Waals surface area contributed by atoms with Crippen molar-refractivity contribution in [2.45, 2.75) is 19.9 Å². The Morgan fingerprint density at radius 3 is 2.52 bits per heavy atom. The lowest BCUT2D eigenvalue weighted by atomic mass is 10.2. The van der Waals surface area contributed by atoms with Crippen LogP contribution in [0.1, 0.15) is 18.9 Å². The number of nitrogens with one attached hydrogen (secondary N) is 1. The summed E-state index contributed by atoms with van der Waals surface area (Å²) >= 11 is 0. The fourth-order valence-electron chi connectivity index (χ4n) is 2.13. The van der Waals surface area contributed by atoms with E-state index in [0.717, 1.165) is 24.3 Å². The molecule has 0 fully saturated rings. The smallest absolute Gasteiger partial charge is 0.222 e. The number of carbonyl (C=O) groups excluding carboxylic acids is 1. The lowest BCUT2D eigenvalue weighted by molar-refractivity contribution is -0.121. The fraction of sp³-hybridized carbons (Fsp3) is 0.294. The van der Waals surface area contributed by atoms with E-state index in [1.54, 1.807) is 12.4 Å². The van der Waals surface area contributed by atoms with Crippen molar-refractivity contribution >= 4 is 11.6 Å². The van der Waals surface area contributed by atoms with Crippen molar-refractivity contribution in [1.82, 2.24) is 10.3 Å². The molecule has 110 valence electrons. The maximum atomic E-state index is 11.9. The van der Waals surface area contributed by atoms with Gasteiger partial charge in [0.15, 0.2) is 0 Å². The quantitative estimate of drug-likeness (QED) is 0.849. The van der Waals surface area contributed by atoms with E-state index in [1.165, 1.54) is 0 Å². The van der Waals surface area contributed by atoms with Crippen LogP contribution in [0.2, 0.25) is 0 Å². The van der Waals surface area contributed by atoms with Crippen molar-refractivity contribution in [2.24, 2.45) is 0 Å². The number of rotatable bonds is 7. The van der Waals surface area contributed by atoms with Gasteiger partial charge in [0.05, 0.1) is 0 Å². The Hall–Kier alpha value is -2.36. The molecule has 0 aliphatic heterocycles. The van der Waals surface area contributed by atoms with E-state index in [4.69, 9.17) is 0 Å². The predicted octanol–water partition coefficient (Wildman–Crippen LogP) is 2.61. The van der Waals surface area contributed by atoms with Gasteiger partial charge in [-0.05, 0) is 36.8 Å². The first kappa shape index (κ1) is 15.0. The number of hydrogen-bond acceptors (Lipinski definition) is 3. The molecule has 0 bridgehead atoms. The van der Waals surface area contributed by atoms with E-state index in [9.17, 15) is 4.79 Å². The van der Waals surface area contributed by atoms with Crippen molar-refractivity contribution in [3.63, 3.8) is 0 Å². The van der Waals surface area contributed by atoms with Crippen molar-refractivity contribution in [1.29, 1.82) is 0 Å². The van der Waals surface area contributed by atoms with Gasteiger partial charge in [0.1, 0.15) is 0 Å². The van der Waals surface area contributed by atoms with Crippen molar-refractivity contribution in [3.05, 3.63) is 60.4 Å². The Balaban J connectivity index is 1.77. The number of aromatic nitrogens is 1. The van der Waals surface area contributed by atoms with Crippen LogP contribution in [0.4, 0.5) is 5.69 Å². The normalized spacial score (nSPS) is 10.1. The second kappa shape index (κ2) is 8.04. The van der Waals surface area contributed by atoms with Crippen LogP contribution in [0.15, 0.2) is 54.9 Å². The van der Waals surface area contributed by atoms with E-state index in [0.29, 0.717) is 13.0 Å². The van der Waals surface area contributed by atoms with Gasteiger partial charge in [-0.3, -0.25) is 9.78 Å². The van der Waals surface area contributed by atoms with Gasteiger partial charge in [-0.2, -0.15) is 0 Å². The third-order valence-corrected chi connectivity index (χ3v) is 3.35. The van der Waals surface area contributed by atoms with E-state index in [2.05, 4.69) is 34.3 Å². The number of anilines is 1. The SMILES string of the molecule is CCN(CCC(=O)NCc1ccncc1)c1ccccc1. The number of pyridine rings is 1. The minimum Gasteiger partial charge on any atom is -0.371 e. The maximum absolute atomic E-state index is 11.9. The Morgan fingerprint density at radius 2 is 1.86 bits per heavy atom. The molecule has 0 spiro atoms. The molecule has 1 aromatic carbocycles. The molecule has 0 aliphatic carbocycles. The van der Waals surface area contributed by atoms with Crippen LogP contribution in [0, 0.1) is 0 Å². The van der Waals surface area contributed by atoms with Crippen LogP contribution in [-0.4, -0.2) is 24.0 Å². The van der Waals surface area contributed by atoms with Gasteiger partial charge in [0, 0.05) is 44.1 Å². The zero-order valence-corrected chi connectivity index (χ0v) is 12.3. The summed E-state index contributed by atoms with van der Waals surface area (Å²) in [6.45, 7) is 4.27. The van der Waals surface area contributed by atoms with Crippen LogP contribution in [0.5, 0.6) is 0 Å². The molecular formula is C17H21N3O. The van der Waals surface area contributed by atoms with Gasteiger partial charge >= 0.3 is 0 Å². The van der Waals surface area contributed by atoms with Gasteiger partial charge < -0.3 is 10.2 Å². The molecule has 21 heavy (non-hydrogen) atoms. The molecule has 1 amide bonds. The Morgan fingerprint density at radius 1 is 1.14 bits per heavy atom. The topological polar surface area (TPSA) is 45.2 Å². The van der Waals surface area contributed by atoms with Crippen molar-refractivity contribution < 1.29 is 4.79 Å². The molecule has 1 aromatic heterocycles. The summed E-state index contributed by atoms with van der Waals surface area (Å²) in [6, 6.07) is 14.0. The zero-order valence-electron chi connectivity index (χ0n) is 12.3. The Kier molecular flexibility index (Phi) is 5.76. The molecule has 2 aromatic rings. The summed E-state index contributed by atoms with van der Waals surface area (Å²) in [5, 5.41) is 2.94. The summed E-state index contributed by atoms with van der Waals surface area (Å²) in [7, 11) is 0. The minimum absolute atomic E-state index is 0.0705. The van der Waals surface area contributed by atoms with Crippen LogP contribution < -0.4 is 10.2 Å². The van der Waals surface area contributed by atoms with Crippen LogP contribution in [0.25, 0.3) is 0 Å². The highest BCUT2D eigenvalue weighted by molar-refractivity contribution is 5.76. The highest BCUT2D eigenvalue weighted by atomic mass is 16.1. The van der Waals surface area contributed by atoms with E-state index < -0.39 is 0 Å². The highest BCUT2D eigenvalue weighted by Gasteiger charge is 2.07. The molecule has 0 saturated heterocycles. The second-order valence-corrected chi connectivity index (χ2v) is 4.80. The number of carbonyl (C=O) groups is 1. The lowest BCUT2D eigenvalue weighted by Gasteiger charge is -2.22. The van der Waals surface area contributed by atoms with Crippen LogP contribution in [0.3, 0.4) is 0 Å². The van der Waals surface area contributed by atoms with E-state index in [-0.39, 0.29) is 5.91 Å². The Labute approximate surface area is 125 Å². The van der Waals surface area contributed by atoms with Gasteiger partial charge in [0.25, 0.3) is 0 Å². The number of para-hydroxylation sites is 1. The molecule has 0 unspecified atom stereocenters. The first-order valence-corrected chi connectivity index (χ1v) is 7.25. The number of nitrogens with zero attached hydrogens (tertiary/aromatic N) is 2. The third-order valence-electron chi connectivity index (χ3n) is 3.35. The van der Waals surface area contributed by atoms with Crippen molar-refractivity contribution in [2.75, 3.05) is 18.0 Å². The number of benzene rings is 1. The number of hydrogen-bond donors (Lipinski definition) is 1. The molecule has 1 N–H and O–H groups in total. The monoisotopic (exact) mass is 283 g/mol. The fourth-order valence-corrected chi connectivity index (χ4v) is 2.13. The molecule has 0 radical (unpaired) electrons. The maximum Gasteiger partial charge on any atom is 0.222 e. The average molecular weight is 283 g/mol. The van der Waals surface area contributed by atoms with Crippen LogP contribution >= 0.6 is 0 Å². The van der Waals surface area contributed by atoms with Gasteiger partial charge in [-0.25, -0.2) is 0 Å². The predicted molar refractivity (Wildman–Crippen MR) is 85.0 cm³/mol. The van der Waals surface area contributed by atoms with E-state index >= 15 is 0 Å². The Bertz CT molecular complexity index is 542. The molecule has 4 nitrogen and oxygen atoms in total. The largest absolute Gasteiger partial charge is 0.371 e. The molecule has 0 atom stereocenters. The average Bonchev–Trinajstić information content (AvgIpc) is 2.55. The summed E-state index contributed by atoms with van der Waals surface area (Å²) in [4.78, 5) is 18.1. The first-order chi connectivity index (χ1) is 10.3. The lowest BCUT2D eigenvalue weighted by Crippen LogP contribution is -2.30. The first-order valence-electron chi connectivity index (χ1n) is 7.25. The van der Waals surface area contributed by atoms with Crippen LogP contribution in [-0.2, 0) is 11.3 Å². The standard InChI is InChI=1S/C17H21N3O/c1-2-20(16-6-4-3-5-7-16)13-10-17(21)19-14-15-8-11-18-12-9-15/h3-9,11-12H,2,10,13-14H2,1H3,(H,19,21). The summed E-state index contributed by atoms with van der Waals surface area (Å²) in [6.07, 6.45) is 3.96. The number of amides is 1.